The Morgan fingerprint density at radius 1 is 1.13 bits per heavy atom. The van der Waals surface area contributed by atoms with Gasteiger partial charge in [-0.25, -0.2) is 8.42 Å². The van der Waals surface area contributed by atoms with E-state index < -0.39 is 15.3 Å². The molecule has 9 heteroatoms. The zero-order valence-corrected chi connectivity index (χ0v) is 22.0. The van der Waals surface area contributed by atoms with Gasteiger partial charge in [0.2, 0.25) is 5.91 Å². The maximum absolute atomic E-state index is 12.7. The fraction of sp³-hybridized carbons (Fsp3) is 0.636. The molecule has 1 saturated carbocycles. The molecular formula is C22H37IN4O3S. The summed E-state index contributed by atoms with van der Waals surface area (Å²) in [6.07, 6.45) is 4.34. The van der Waals surface area contributed by atoms with Crippen LogP contribution in [0.5, 0.6) is 0 Å². The Morgan fingerprint density at radius 2 is 1.77 bits per heavy atom. The molecule has 176 valence electrons. The first-order valence-corrected chi connectivity index (χ1v) is 12.6. The molecule has 0 unspecified atom stereocenters. The SMILES string of the molecule is CCNC(=NCC1(C(=O)N(C)C)CCCC1)NCCCS(=O)(=O)Cc1ccccc1.I. The molecule has 1 amide bonds. The minimum Gasteiger partial charge on any atom is -0.357 e. The third-order valence-corrected chi connectivity index (χ3v) is 7.14. The lowest BCUT2D eigenvalue weighted by Crippen LogP contribution is -2.43. The Balaban J connectivity index is 0.00000480. The standard InChI is InChI=1S/C22H36N4O3S.HI/c1-4-23-21(25-18-22(13-8-9-14-22)20(27)26(2)3)24-15-10-16-30(28,29)17-19-11-6-5-7-12-19;/h5-7,11-12H,4,8-10,13-18H2,1-3H3,(H2,23,24,25);1H. The lowest BCUT2D eigenvalue weighted by Gasteiger charge is -2.29. The highest BCUT2D eigenvalue weighted by Crippen LogP contribution is 2.39. The summed E-state index contributed by atoms with van der Waals surface area (Å²) in [4.78, 5) is 19.0. The number of amides is 1. The van der Waals surface area contributed by atoms with E-state index in [1.165, 1.54) is 0 Å². The molecule has 0 radical (unpaired) electrons. The first-order valence-electron chi connectivity index (χ1n) is 10.8. The molecule has 1 aromatic carbocycles. The van der Waals surface area contributed by atoms with Crippen molar-refractivity contribution in [1.29, 1.82) is 0 Å². The van der Waals surface area contributed by atoms with Gasteiger partial charge in [-0.05, 0) is 31.7 Å². The molecule has 2 rings (SSSR count). The van der Waals surface area contributed by atoms with Gasteiger partial charge in [0, 0.05) is 27.2 Å². The number of halogens is 1. The van der Waals surface area contributed by atoms with Gasteiger partial charge in [-0.15, -0.1) is 24.0 Å². The van der Waals surface area contributed by atoms with Crippen molar-refractivity contribution in [3.63, 3.8) is 0 Å². The second kappa shape index (κ2) is 13.2. The van der Waals surface area contributed by atoms with Crippen LogP contribution in [-0.4, -0.2) is 64.7 Å². The molecule has 0 atom stereocenters. The third-order valence-electron chi connectivity index (χ3n) is 5.46. The quantitative estimate of drug-likeness (QED) is 0.198. The van der Waals surface area contributed by atoms with E-state index in [-0.39, 0.29) is 41.4 Å². The Hall–Kier alpha value is -1.36. The number of carbonyl (C=O) groups is 1. The van der Waals surface area contributed by atoms with E-state index >= 15 is 0 Å². The Morgan fingerprint density at radius 3 is 2.35 bits per heavy atom. The first kappa shape index (κ1) is 27.7. The fourth-order valence-corrected chi connectivity index (χ4v) is 5.37. The van der Waals surface area contributed by atoms with E-state index in [2.05, 4.69) is 15.6 Å². The maximum atomic E-state index is 12.7. The normalized spacial score (nSPS) is 15.8. The molecule has 0 bridgehead atoms. The predicted octanol–water partition coefficient (Wildman–Crippen LogP) is 2.81. The van der Waals surface area contributed by atoms with E-state index in [4.69, 9.17) is 0 Å². The number of sulfone groups is 1. The molecule has 0 aromatic heterocycles. The molecule has 1 fully saturated rings. The summed E-state index contributed by atoms with van der Waals surface area (Å²) in [6.45, 7) is 3.64. The highest BCUT2D eigenvalue weighted by molar-refractivity contribution is 14.0. The molecule has 1 aliphatic rings. The van der Waals surface area contributed by atoms with Crippen molar-refractivity contribution in [2.75, 3.05) is 39.5 Å². The number of benzene rings is 1. The number of nitrogens with one attached hydrogen (secondary N) is 2. The van der Waals surface area contributed by atoms with Gasteiger partial charge in [0.1, 0.15) is 0 Å². The second-order valence-corrected chi connectivity index (χ2v) is 10.4. The van der Waals surface area contributed by atoms with Crippen LogP contribution in [0.15, 0.2) is 35.3 Å². The van der Waals surface area contributed by atoms with Gasteiger partial charge in [0.15, 0.2) is 15.8 Å². The lowest BCUT2D eigenvalue weighted by molar-refractivity contribution is -0.138. The van der Waals surface area contributed by atoms with Crippen molar-refractivity contribution >= 4 is 45.7 Å². The summed E-state index contributed by atoms with van der Waals surface area (Å²) in [5.41, 5.74) is 0.401. The van der Waals surface area contributed by atoms with E-state index in [1.54, 1.807) is 19.0 Å². The number of hydrogen-bond donors (Lipinski definition) is 2. The van der Waals surface area contributed by atoms with Crippen molar-refractivity contribution < 1.29 is 13.2 Å². The zero-order valence-electron chi connectivity index (χ0n) is 18.9. The highest BCUT2D eigenvalue weighted by Gasteiger charge is 2.42. The third kappa shape index (κ3) is 8.96. The molecule has 2 N–H and O–H groups in total. The summed E-state index contributed by atoms with van der Waals surface area (Å²) >= 11 is 0. The Kier molecular flexibility index (Phi) is 11.8. The minimum absolute atomic E-state index is 0. The average molecular weight is 565 g/mol. The first-order chi connectivity index (χ1) is 14.3. The fourth-order valence-electron chi connectivity index (χ4n) is 3.94. The van der Waals surface area contributed by atoms with Gasteiger partial charge in [-0.1, -0.05) is 43.2 Å². The van der Waals surface area contributed by atoms with E-state index in [1.807, 2.05) is 37.3 Å². The van der Waals surface area contributed by atoms with Crippen LogP contribution in [0.25, 0.3) is 0 Å². The molecule has 0 heterocycles. The van der Waals surface area contributed by atoms with Gasteiger partial charge in [0.25, 0.3) is 0 Å². The number of rotatable bonds is 10. The van der Waals surface area contributed by atoms with Crippen molar-refractivity contribution in [2.24, 2.45) is 10.4 Å². The van der Waals surface area contributed by atoms with Gasteiger partial charge in [0.05, 0.1) is 23.5 Å². The van der Waals surface area contributed by atoms with Crippen molar-refractivity contribution in [3.8, 4) is 0 Å². The van der Waals surface area contributed by atoms with Crippen LogP contribution in [0.1, 0.15) is 44.6 Å². The topological polar surface area (TPSA) is 90.9 Å². The van der Waals surface area contributed by atoms with Crippen molar-refractivity contribution in [1.82, 2.24) is 15.5 Å². The summed E-state index contributed by atoms with van der Waals surface area (Å²) < 4.78 is 24.7. The van der Waals surface area contributed by atoms with Crippen molar-refractivity contribution in [2.45, 2.75) is 44.8 Å². The van der Waals surface area contributed by atoms with Crippen LogP contribution in [0.3, 0.4) is 0 Å². The largest absolute Gasteiger partial charge is 0.357 e. The predicted molar refractivity (Wildman–Crippen MR) is 138 cm³/mol. The summed E-state index contributed by atoms with van der Waals surface area (Å²) in [6, 6.07) is 9.25. The minimum atomic E-state index is -3.15. The number of hydrogen-bond acceptors (Lipinski definition) is 4. The molecular weight excluding hydrogens is 527 g/mol. The van der Waals surface area contributed by atoms with Crippen LogP contribution < -0.4 is 10.6 Å². The lowest BCUT2D eigenvalue weighted by atomic mass is 9.85. The average Bonchev–Trinajstić information content (AvgIpc) is 3.19. The number of nitrogens with zero attached hydrogens (tertiary/aromatic N) is 2. The molecule has 0 spiro atoms. The van der Waals surface area contributed by atoms with Gasteiger partial charge in [-0.2, -0.15) is 0 Å². The van der Waals surface area contributed by atoms with Crippen molar-refractivity contribution in [3.05, 3.63) is 35.9 Å². The molecule has 7 nitrogen and oxygen atoms in total. The van der Waals surface area contributed by atoms with Crippen LogP contribution in [-0.2, 0) is 20.4 Å². The monoisotopic (exact) mass is 564 g/mol. The van der Waals surface area contributed by atoms with E-state index in [0.29, 0.717) is 32.0 Å². The van der Waals surface area contributed by atoms with Crippen LogP contribution in [0, 0.1) is 5.41 Å². The molecule has 0 saturated heterocycles. The van der Waals surface area contributed by atoms with Gasteiger partial charge < -0.3 is 15.5 Å². The number of carbonyl (C=O) groups excluding carboxylic acids is 1. The van der Waals surface area contributed by atoms with Crippen LogP contribution in [0.4, 0.5) is 0 Å². The van der Waals surface area contributed by atoms with Crippen LogP contribution in [0.2, 0.25) is 0 Å². The van der Waals surface area contributed by atoms with Crippen LogP contribution >= 0.6 is 24.0 Å². The maximum Gasteiger partial charge on any atom is 0.230 e. The number of aliphatic imine (C=N–C) groups is 1. The highest BCUT2D eigenvalue weighted by atomic mass is 127. The summed E-state index contributed by atoms with van der Waals surface area (Å²) in [7, 11) is 0.443. The second-order valence-electron chi connectivity index (χ2n) is 8.24. The molecule has 1 aromatic rings. The summed E-state index contributed by atoms with van der Waals surface area (Å²) in [5, 5.41) is 6.41. The number of guanidine groups is 1. The summed E-state index contributed by atoms with van der Waals surface area (Å²) in [5.74, 6) is 0.969. The Labute approximate surface area is 204 Å². The zero-order chi connectivity index (χ0) is 22.0. The molecule has 0 aliphatic heterocycles. The van der Waals surface area contributed by atoms with E-state index in [9.17, 15) is 13.2 Å². The molecule has 1 aliphatic carbocycles. The van der Waals surface area contributed by atoms with Gasteiger partial charge >= 0.3 is 0 Å². The molecule has 31 heavy (non-hydrogen) atoms. The van der Waals surface area contributed by atoms with E-state index in [0.717, 1.165) is 31.2 Å². The van der Waals surface area contributed by atoms with Gasteiger partial charge in [-0.3, -0.25) is 9.79 Å². The Bertz CT molecular complexity index is 807. The smallest absolute Gasteiger partial charge is 0.230 e.